The summed E-state index contributed by atoms with van der Waals surface area (Å²) in [4.78, 5) is 4.57. The highest BCUT2D eigenvalue weighted by atomic mass is 15.1. The smallest absolute Gasteiger partial charge is 0.103 e. The van der Waals surface area contributed by atoms with Crippen molar-refractivity contribution in [2.45, 2.75) is 38.6 Å². The molecule has 0 saturated heterocycles. The SMILES string of the molecule is CCNC(C)(C#N)CCCN(C)CCCN(C)C. The number of hydrogen-bond donors (Lipinski definition) is 1. The number of rotatable bonds is 10. The van der Waals surface area contributed by atoms with E-state index in [2.05, 4.69) is 42.3 Å². The molecule has 1 N–H and O–H groups in total. The van der Waals surface area contributed by atoms with Gasteiger partial charge in [-0.3, -0.25) is 5.32 Å². The maximum absolute atomic E-state index is 9.15. The number of nitrogens with zero attached hydrogens (tertiary/aromatic N) is 3. The molecule has 0 aromatic rings. The highest BCUT2D eigenvalue weighted by molar-refractivity contribution is 5.03. The Morgan fingerprint density at radius 3 is 2.22 bits per heavy atom. The first-order chi connectivity index (χ1) is 8.43. The maximum atomic E-state index is 9.15. The van der Waals surface area contributed by atoms with Gasteiger partial charge in [0.2, 0.25) is 0 Å². The van der Waals surface area contributed by atoms with Gasteiger partial charge in [-0.1, -0.05) is 6.92 Å². The quantitative estimate of drug-likeness (QED) is 0.642. The van der Waals surface area contributed by atoms with E-state index in [0.29, 0.717) is 0 Å². The second-order valence-corrected chi connectivity index (χ2v) is 5.54. The van der Waals surface area contributed by atoms with Gasteiger partial charge < -0.3 is 9.80 Å². The zero-order valence-corrected chi connectivity index (χ0v) is 12.8. The summed E-state index contributed by atoms with van der Waals surface area (Å²) in [7, 11) is 6.37. The minimum Gasteiger partial charge on any atom is -0.309 e. The Morgan fingerprint density at radius 2 is 1.72 bits per heavy atom. The Kier molecular flexibility index (Phi) is 8.99. The van der Waals surface area contributed by atoms with E-state index in [4.69, 9.17) is 5.26 Å². The van der Waals surface area contributed by atoms with Gasteiger partial charge in [0.25, 0.3) is 0 Å². The molecule has 0 fully saturated rings. The Hall–Kier alpha value is -0.630. The largest absolute Gasteiger partial charge is 0.309 e. The van der Waals surface area contributed by atoms with Crippen LogP contribution in [-0.4, -0.2) is 62.7 Å². The van der Waals surface area contributed by atoms with Gasteiger partial charge in [-0.25, -0.2) is 0 Å². The first-order valence-electron chi connectivity index (χ1n) is 6.93. The van der Waals surface area contributed by atoms with Crippen molar-refractivity contribution in [1.29, 1.82) is 5.26 Å². The Bertz CT molecular complexity index is 247. The minimum absolute atomic E-state index is 0.362. The van der Waals surface area contributed by atoms with Crippen LogP contribution in [0.15, 0.2) is 0 Å². The van der Waals surface area contributed by atoms with E-state index >= 15 is 0 Å². The molecule has 0 aliphatic rings. The summed E-state index contributed by atoms with van der Waals surface area (Å²) < 4.78 is 0. The summed E-state index contributed by atoms with van der Waals surface area (Å²) in [5, 5.41) is 12.4. The second kappa shape index (κ2) is 9.32. The van der Waals surface area contributed by atoms with E-state index in [1.807, 2.05) is 13.8 Å². The van der Waals surface area contributed by atoms with Crippen LogP contribution in [0.25, 0.3) is 0 Å². The molecule has 0 aromatic heterocycles. The molecule has 0 rings (SSSR count). The lowest BCUT2D eigenvalue weighted by molar-refractivity contribution is 0.284. The van der Waals surface area contributed by atoms with Gasteiger partial charge in [0.15, 0.2) is 0 Å². The molecule has 0 spiro atoms. The van der Waals surface area contributed by atoms with Crippen molar-refractivity contribution < 1.29 is 0 Å². The van der Waals surface area contributed by atoms with Gasteiger partial charge in [-0.15, -0.1) is 0 Å². The van der Waals surface area contributed by atoms with E-state index in [1.54, 1.807) is 0 Å². The Labute approximate surface area is 113 Å². The molecular weight excluding hydrogens is 224 g/mol. The van der Waals surface area contributed by atoms with Crippen molar-refractivity contribution in [2.24, 2.45) is 0 Å². The van der Waals surface area contributed by atoms with Crippen LogP contribution >= 0.6 is 0 Å². The van der Waals surface area contributed by atoms with Gasteiger partial charge >= 0.3 is 0 Å². The first-order valence-corrected chi connectivity index (χ1v) is 6.93. The number of nitrogens with one attached hydrogen (secondary N) is 1. The third-order valence-corrected chi connectivity index (χ3v) is 3.18. The molecule has 0 radical (unpaired) electrons. The van der Waals surface area contributed by atoms with Crippen LogP contribution in [0.3, 0.4) is 0 Å². The van der Waals surface area contributed by atoms with E-state index in [-0.39, 0.29) is 5.54 Å². The third-order valence-electron chi connectivity index (χ3n) is 3.18. The van der Waals surface area contributed by atoms with E-state index in [1.165, 1.54) is 6.42 Å². The van der Waals surface area contributed by atoms with Gasteiger partial charge in [-0.2, -0.15) is 5.26 Å². The summed E-state index contributed by atoms with van der Waals surface area (Å²) in [5.41, 5.74) is -0.362. The third kappa shape index (κ3) is 8.46. The van der Waals surface area contributed by atoms with Crippen molar-refractivity contribution in [3.8, 4) is 6.07 Å². The summed E-state index contributed by atoms with van der Waals surface area (Å²) in [6.07, 6.45) is 3.18. The van der Waals surface area contributed by atoms with Gasteiger partial charge in [0, 0.05) is 0 Å². The standard InChI is InChI=1S/C14H30N4/c1-6-16-14(2,13-15)9-7-11-18(5)12-8-10-17(3)4/h16H,6-12H2,1-5H3. The van der Waals surface area contributed by atoms with Crippen LogP contribution in [0.1, 0.15) is 33.1 Å². The zero-order valence-electron chi connectivity index (χ0n) is 12.8. The molecule has 1 unspecified atom stereocenters. The zero-order chi connectivity index (χ0) is 14.0. The predicted molar refractivity (Wildman–Crippen MR) is 77.6 cm³/mol. The molecule has 4 heteroatoms. The molecule has 106 valence electrons. The highest BCUT2D eigenvalue weighted by Crippen LogP contribution is 2.11. The molecule has 1 atom stereocenters. The van der Waals surface area contributed by atoms with Crippen molar-refractivity contribution in [3.63, 3.8) is 0 Å². The predicted octanol–water partition coefficient (Wildman–Crippen LogP) is 1.54. The number of nitriles is 1. The summed E-state index contributed by atoms with van der Waals surface area (Å²) in [6, 6.07) is 2.37. The molecular formula is C14H30N4. The van der Waals surface area contributed by atoms with E-state index in [9.17, 15) is 0 Å². The first kappa shape index (κ1) is 17.4. The maximum Gasteiger partial charge on any atom is 0.103 e. The van der Waals surface area contributed by atoms with Gasteiger partial charge in [-0.05, 0) is 73.5 Å². The van der Waals surface area contributed by atoms with Crippen LogP contribution in [0, 0.1) is 11.3 Å². The van der Waals surface area contributed by atoms with Gasteiger partial charge in [0.05, 0.1) is 6.07 Å². The summed E-state index contributed by atoms with van der Waals surface area (Å²) >= 11 is 0. The fraction of sp³-hybridized carbons (Fsp3) is 0.929. The molecule has 0 aliphatic heterocycles. The molecule has 4 nitrogen and oxygen atoms in total. The van der Waals surface area contributed by atoms with Crippen LogP contribution in [-0.2, 0) is 0 Å². The fourth-order valence-electron chi connectivity index (χ4n) is 2.05. The van der Waals surface area contributed by atoms with Crippen LogP contribution in [0.2, 0.25) is 0 Å². The highest BCUT2D eigenvalue weighted by Gasteiger charge is 2.21. The summed E-state index contributed by atoms with van der Waals surface area (Å²) in [5.74, 6) is 0. The average molecular weight is 254 g/mol. The summed E-state index contributed by atoms with van der Waals surface area (Å²) in [6.45, 7) is 8.21. The lowest BCUT2D eigenvalue weighted by Gasteiger charge is -2.24. The molecule has 0 aromatic carbocycles. The minimum atomic E-state index is -0.362. The van der Waals surface area contributed by atoms with Crippen LogP contribution in [0.5, 0.6) is 0 Å². The molecule has 0 heterocycles. The fourth-order valence-corrected chi connectivity index (χ4v) is 2.05. The Morgan fingerprint density at radius 1 is 1.11 bits per heavy atom. The lowest BCUT2D eigenvalue weighted by Crippen LogP contribution is -2.41. The Balaban J connectivity index is 3.73. The number of hydrogen-bond acceptors (Lipinski definition) is 4. The molecule has 18 heavy (non-hydrogen) atoms. The van der Waals surface area contributed by atoms with E-state index < -0.39 is 0 Å². The molecule has 0 bridgehead atoms. The van der Waals surface area contributed by atoms with Crippen LogP contribution < -0.4 is 5.32 Å². The van der Waals surface area contributed by atoms with Crippen molar-refractivity contribution in [1.82, 2.24) is 15.1 Å². The normalized spacial score (nSPS) is 14.8. The lowest BCUT2D eigenvalue weighted by atomic mass is 9.97. The molecule has 0 amide bonds. The van der Waals surface area contributed by atoms with Crippen LogP contribution in [0.4, 0.5) is 0 Å². The monoisotopic (exact) mass is 254 g/mol. The second-order valence-electron chi connectivity index (χ2n) is 5.54. The van der Waals surface area contributed by atoms with Crippen molar-refractivity contribution in [3.05, 3.63) is 0 Å². The van der Waals surface area contributed by atoms with Crippen molar-refractivity contribution in [2.75, 3.05) is 47.3 Å². The van der Waals surface area contributed by atoms with Crippen molar-refractivity contribution >= 4 is 0 Å². The van der Waals surface area contributed by atoms with E-state index in [0.717, 1.165) is 39.0 Å². The van der Waals surface area contributed by atoms with Gasteiger partial charge in [0.1, 0.15) is 5.54 Å². The topological polar surface area (TPSA) is 42.3 Å². The molecule has 0 aliphatic carbocycles. The average Bonchev–Trinajstić information content (AvgIpc) is 2.29. The molecule has 0 saturated carbocycles.